The average molecular weight is 302 g/mol. The topological polar surface area (TPSA) is 89.5 Å². The van der Waals surface area contributed by atoms with Gasteiger partial charge in [-0.2, -0.15) is 0 Å². The Kier molecular flexibility index (Phi) is 3.81. The molecule has 23 heavy (non-hydrogen) atoms. The largest absolute Gasteiger partial charge is 0.384 e. The third-order valence-electron chi connectivity index (χ3n) is 3.80. The van der Waals surface area contributed by atoms with E-state index in [2.05, 4.69) is 4.98 Å². The van der Waals surface area contributed by atoms with Crippen molar-refractivity contribution in [3.8, 4) is 22.5 Å². The molecule has 4 nitrogen and oxygen atoms in total. The first-order valence-electron chi connectivity index (χ1n) is 7.34. The minimum Gasteiger partial charge on any atom is -0.384 e. The molecule has 5 N–H and O–H groups in total. The van der Waals surface area contributed by atoms with E-state index in [9.17, 15) is 0 Å². The Labute approximate surface area is 135 Å². The Bertz CT molecular complexity index is 872. The molecule has 114 valence electrons. The first-order valence-corrected chi connectivity index (χ1v) is 7.34. The summed E-state index contributed by atoms with van der Waals surface area (Å²) in [5, 5.41) is 15.2. The quantitative estimate of drug-likeness (QED) is 0.425. The van der Waals surface area contributed by atoms with Gasteiger partial charge in [-0.1, -0.05) is 42.5 Å². The van der Waals surface area contributed by atoms with E-state index >= 15 is 0 Å². The number of nitrogen functional groups attached to an aromatic ring is 1. The zero-order valence-electron chi connectivity index (χ0n) is 12.9. The van der Waals surface area contributed by atoms with Crippen LogP contribution < -0.4 is 5.73 Å². The fraction of sp³-hybridized carbons (Fsp3) is 0.0526. The van der Waals surface area contributed by atoms with Gasteiger partial charge in [0.15, 0.2) is 0 Å². The van der Waals surface area contributed by atoms with Crippen LogP contribution in [0.4, 0.5) is 0 Å². The van der Waals surface area contributed by atoms with Gasteiger partial charge in [-0.15, -0.1) is 0 Å². The molecule has 4 heteroatoms. The van der Waals surface area contributed by atoms with Gasteiger partial charge >= 0.3 is 0 Å². The number of rotatable bonds is 4. The maximum atomic E-state index is 7.75. The van der Waals surface area contributed by atoms with Crippen LogP contribution in [-0.2, 0) is 0 Å². The fourth-order valence-electron chi connectivity index (χ4n) is 2.48. The van der Waals surface area contributed by atoms with Crippen molar-refractivity contribution in [2.75, 3.05) is 0 Å². The summed E-state index contributed by atoms with van der Waals surface area (Å²) < 4.78 is 0. The molecule has 0 aliphatic heterocycles. The Morgan fingerprint density at radius 3 is 2.09 bits per heavy atom. The number of aromatic nitrogens is 1. The molecule has 3 aromatic rings. The van der Waals surface area contributed by atoms with Gasteiger partial charge in [0.05, 0.1) is 0 Å². The van der Waals surface area contributed by atoms with Crippen molar-refractivity contribution in [2.24, 2.45) is 5.73 Å². The van der Waals surface area contributed by atoms with Crippen LogP contribution in [0.25, 0.3) is 22.5 Å². The lowest BCUT2D eigenvalue weighted by Crippen LogP contribution is -2.10. The Morgan fingerprint density at radius 2 is 1.48 bits per heavy atom. The number of hydrogen-bond acceptors (Lipinski definition) is 2. The molecule has 0 saturated heterocycles. The van der Waals surface area contributed by atoms with Crippen LogP contribution in [0.5, 0.6) is 0 Å². The molecular weight excluding hydrogens is 284 g/mol. The van der Waals surface area contributed by atoms with Crippen molar-refractivity contribution in [2.45, 2.75) is 6.92 Å². The molecular formula is C19H18N4. The number of nitrogens with one attached hydrogen (secondary N) is 3. The Morgan fingerprint density at radius 1 is 0.826 bits per heavy atom. The highest BCUT2D eigenvalue weighted by molar-refractivity contribution is 5.97. The maximum absolute atomic E-state index is 7.75. The maximum Gasteiger partial charge on any atom is 0.122 e. The standard InChI is InChI=1S/C19H18N4/c1-12(20)15-3-2-4-16(11-15)18-10-9-17(23-18)13-5-7-14(8-6-13)19(21)22/h2-11,20,23H,1H3,(H3,21,22). The summed E-state index contributed by atoms with van der Waals surface area (Å²) in [7, 11) is 0. The highest BCUT2D eigenvalue weighted by atomic mass is 14.7. The molecule has 0 amide bonds. The van der Waals surface area contributed by atoms with Crippen LogP contribution in [0.1, 0.15) is 18.1 Å². The Hall–Kier alpha value is -3.14. The predicted molar refractivity (Wildman–Crippen MR) is 95.2 cm³/mol. The molecule has 0 bridgehead atoms. The first kappa shape index (κ1) is 14.8. The fourth-order valence-corrected chi connectivity index (χ4v) is 2.48. The number of H-pyrrole nitrogens is 1. The van der Waals surface area contributed by atoms with Crippen molar-refractivity contribution in [1.82, 2.24) is 4.98 Å². The van der Waals surface area contributed by atoms with Gasteiger partial charge in [0.1, 0.15) is 5.84 Å². The predicted octanol–water partition coefficient (Wildman–Crippen LogP) is 4.02. The van der Waals surface area contributed by atoms with Crippen molar-refractivity contribution in [3.63, 3.8) is 0 Å². The molecule has 2 aromatic carbocycles. The van der Waals surface area contributed by atoms with Gasteiger partial charge in [0.2, 0.25) is 0 Å². The van der Waals surface area contributed by atoms with Crippen molar-refractivity contribution < 1.29 is 0 Å². The lowest BCUT2D eigenvalue weighted by Gasteiger charge is -2.04. The number of amidine groups is 1. The zero-order chi connectivity index (χ0) is 16.4. The molecule has 0 saturated carbocycles. The third-order valence-corrected chi connectivity index (χ3v) is 3.80. The molecule has 0 spiro atoms. The number of hydrogen-bond donors (Lipinski definition) is 4. The van der Waals surface area contributed by atoms with E-state index in [-0.39, 0.29) is 5.84 Å². The van der Waals surface area contributed by atoms with Crippen molar-refractivity contribution in [1.29, 1.82) is 10.8 Å². The lowest BCUT2D eigenvalue weighted by molar-refractivity contribution is 1.38. The van der Waals surface area contributed by atoms with Gasteiger partial charge in [-0.25, -0.2) is 0 Å². The van der Waals surface area contributed by atoms with Gasteiger partial charge < -0.3 is 16.1 Å². The van der Waals surface area contributed by atoms with Crippen LogP contribution in [-0.4, -0.2) is 16.5 Å². The van der Waals surface area contributed by atoms with E-state index in [0.29, 0.717) is 5.71 Å². The highest BCUT2D eigenvalue weighted by Crippen LogP contribution is 2.25. The summed E-state index contributed by atoms with van der Waals surface area (Å²) >= 11 is 0. The normalized spacial score (nSPS) is 10.5. The van der Waals surface area contributed by atoms with Gasteiger partial charge in [0.25, 0.3) is 0 Å². The highest BCUT2D eigenvalue weighted by Gasteiger charge is 2.06. The summed E-state index contributed by atoms with van der Waals surface area (Å²) in [4.78, 5) is 3.41. The molecule has 0 aliphatic rings. The van der Waals surface area contributed by atoms with E-state index < -0.39 is 0 Å². The van der Waals surface area contributed by atoms with E-state index in [0.717, 1.165) is 33.6 Å². The second-order valence-corrected chi connectivity index (χ2v) is 5.48. The summed E-state index contributed by atoms with van der Waals surface area (Å²) in [6.45, 7) is 1.79. The average Bonchev–Trinajstić information content (AvgIpc) is 3.05. The van der Waals surface area contributed by atoms with Crippen molar-refractivity contribution in [3.05, 3.63) is 71.8 Å². The second-order valence-electron chi connectivity index (χ2n) is 5.48. The van der Waals surface area contributed by atoms with E-state index in [1.807, 2.05) is 60.7 Å². The summed E-state index contributed by atoms with van der Waals surface area (Å²) in [5.74, 6) is 0.0718. The van der Waals surface area contributed by atoms with Crippen LogP contribution >= 0.6 is 0 Å². The van der Waals surface area contributed by atoms with E-state index in [1.54, 1.807) is 6.92 Å². The van der Waals surface area contributed by atoms with Crippen LogP contribution in [0, 0.1) is 10.8 Å². The molecule has 0 fully saturated rings. The van der Waals surface area contributed by atoms with Crippen LogP contribution in [0.15, 0.2) is 60.7 Å². The number of benzene rings is 2. The van der Waals surface area contributed by atoms with Gasteiger partial charge in [-0.3, -0.25) is 5.41 Å². The molecule has 1 aromatic heterocycles. The van der Waals surface area contributed by atoms with E-state index in [4.69, 9.17) is 16.6 Å². The monoisotopic (exact) mass is 302 g/mol. The zero-order valence-corrected chi connectivity index (χ0v) is 12.9. The van der Waals surface area contributed by atoms with Crippen LogP contribution in [0.2, 0.25) is 0 Å². The molecule has 3 rings (SSSR count). The second kappa shape index (κ2) is 5.93. The first-order chi connectivity index (χ1) is 11.0. The lowest BCUT2D eigenvalue weighted by atomic mass is 10.1. The van der Waals surface area contributed by atoms with Crippen molar-refractivity contribution >= 4 is 11.5 Å². The Balaban J connectivity index is 1.92. The molecule has 0 unspecified atom stereocenters. The SMILES string of the molecule is CC(=N)c1cccc(-c2ccc(-c3ccc(C(=N)N)cc3)[nH]2)c1. The summed E-state index contributed by atoms with van der Waals surface area (Å²) in [6, 6.07) is 19.6. The molecule has 1 heterocycles. The third kappa shape index (κ3) is 3.06. The number of nitrogens with two attached hydrogens (primary N) is 1. The van der Waals surface area contributed by atoms with E-state index in [1.165, 1.54) is 0 Å². The molecule has 0 radical (unpaired) electrons. The smallest absolute Gasteiger partial charge is 0.122 e. The minimum absolute atomic E-state index is 0.0718. The van der Waals surface area contributed by atoms with Gasteiger partial charge in [0, 0.05) is 22.7 Å². The number of aromatic amines is 1. The molecule has 0 aliphatic carbocycles. The summed E-state index contributed by atoms with van der Waals surface area (Å²) in [6.07, 6.45) is 0. The summed E-state index contributed by atoms with van der Waals surface area (Å²) in [5.41, 5.74) is 11.8. The molecule has 0 atom stereocenters. The van der Waals surface area contributed by atoms with Crippen LogP contribution in [0.3, 0.4) is 0 Å². The minimum atomic E-state index is 0.0718. The van der Waals surface area contributed by atoms with Gasteiger partial charge in [-0.05, 0) is 41.8 Å².